The highest BCUT2D eigenvalue weighted by molar-refractivity contribution is 6.00. The van der Waals surface area contributed by atoms with E-state index >= 15 is 0 Å². The molecule has 1 saturated carbocycles. The van der Waals surface area contributed by atoms with Gasteiger partial charge in [-0.05, 0) is 49.5 Å². The first-order valence-corrected chi connectivity index (χ1v) is 10.4. The van der Waals surface area contributed by atoms with Crippen molar-refractivity contribution in [3.8, 4) is 5.75 Å². The summed E-state index contributed by atoms with van der Waals surface area (Å²) in [5.74, 6) is 0.680. The molecule has 0 aliphatic heterocycles. The minimum atomic E-state index is -0.486. The van der Waals surface area contributed by atoms with E-state index in [4.69, 9.17) is 4.42 Å². The standard InChI is InChI=1S/C24H28O4/c1-14(2)13-17-9-6-10-18(25)20-22(26)21(24(27)28-23(17)20)19(16-11-12-16)15-7-4-3-5-8-15/h3-5,7-8,14,16-17,19,26H,6,9-13H2,1-2H3. The molecule has 28 heavy (non-hydrogen) atoms. The van der Waals surface area contributed by atoms with Crippen molar-refractivity contribution in [3.05, 3.63) is 63.2 Å². The molecular formula is C24H28O4. The Labute approximate surface area is 165 Å². The van der Waals surface area contributed by atoms with Crippen molar-refractivity contribution in [1.29, 1.82) is 0 Å². The molecular weight excluding hydrogens is 352 g/mol. The average Bonchev–Trinajstić information content (AvgIpc) is 3.49. The first-order chi connectivity index (χ1) is 13.5. The molecule has 2 aliphatic carbocycles. The van der Waals surface area contributed by atoms with Crippen molar-refractivity contribution >= 4 is 5.78 Å². The summed E-state index contributed by atoms with van der Waals surface area (Å²) >= 11 is 0. The maximum Gasteiger partial charge on any atom is 0.343 e. The zero-order chi connectivity index (χ0) is 19.8. The van der Waals surface area contributed by atoms with Crippen LogP contribution in [0.15, 0.2) is 39.5 Å². The Morgan fingerprint density at radius 2 is 1.82 bits per heavy atom. The van der Waals surface area contributed by atoms with E-state index in [1.54, 1.807) is 0 Å². The van der Waals surface area contributed by atoms with Gasteiger partial charge in [-0.2, -0.15) is 0 Å². The van der Waals surface area contributed by atoms with Crippen molar-refractivity contribution < 1.29 is 14.3 Å². The van der Waals surface area contributed by atoms with Gasteiger partial charge in [0, 0.05) is 18.3 Å². The Balaban J connectivity index is 1.89. The van der Waals surface area contributed by atoms with E-state index in [9.17, 15) is 14.7 Å². The molecule has 0 amide bonds. The summed E-state index contributed by atoms with van der Waals surface area (Å²) in [4.78, 5) is 25.9. The molecule has 2 unspecified atom stereocenters. The van der Waals surface area contributed by atoms with Gasteiger partial charge in [-0.15, -0.1) is 0 Å². The van der Waals surface area contributed by atoms with Crippen LogP contribution in [0.2, 0.25) is 0 Å². The van der Waals surface area contributed by atoms with E-state index in [2.05, 4.69) is 13.8 Å². The van der Waals surface area contributed by atoms with Crippen LogP contribution in [0.4, 0.5) is 0 Å². The van der Waals surface area contributed by atoms with Gasteiger partial charge in [0.1, 0.15) is 11.5 Å². The SMILES string of the molecule is CC(C)CC1CCCC(=O)c2c1oc(=O)c(C(c1ccccc1)C1CC1)c2O. The van der Waals surface area contributed by atoms with Gasteiger partial charge in [-0.3, -0.25) is 4.79 Å². The molecule has 4 heteroatoms. The van der Waals surface area contributed by atoms with Crippen LogP contribution in [-0.2, 0) is 0 Å². The molecule has 1 heterocycles. The summed E-state index contributed by atoms with van der Waals surface area (Å²) < 4.78 is 5.82. The molecule has 0 radical (unpaired) electrons. The zero-order valence-corrected chi connectivity index (χ0v) is 16.6. The number of carbonyl (C=O) groups is 1. The summed E-state index contributed by atoms with van der Waals surface area (Å²) in [6, 6.07) is 9.79. The quantitative estimate of drug-likeness (QED) is 0.707. The van der Waals surface area contributed by atoms with Crippen LogP contribution in [-0.4, -0.2) is 10.9 Å². The fourth-order valence-electron chi connectivity index (χ4n) is 4.71. The maximum absolute atomic E-state index is 13.1. The van der Waals surface area contributed by atoms with Crippen LogP contribution >= 0.6 is 0 Å². The first kappa shape index (κ1) is 19.0. The van der Waals surface area contributed by atoms with Crippen molar-refractivity contribution in [2.75, 3.05) is 0 Å². The fraction of sp³-hybridized carbons (Fsp3) is 0.500. The number of fused-ring (bicyclic) bond motifs is 1. The van der Waals surface area contributed by atoms with Crippen LogP contribution in [0.1, 0.15) is 91.5 Å². The highest BCUT2D eigenvalue weighted by Gasteiger charge is 2.40. The lowest BCUT2D eigenvalue weighted by Crippen LogP contribution is -2.20. The van der Waals surface area contributed by atoms with Crippen LogP contribution in [0.5, 0.6) is 5.75 Å². The smallest absolute Gasteiger partial charge is 0.343 e. The summed E-state index contributed by atoms with van der Waals surface area (Å²) in [6.07, 6.45) is 4.82. The van der Waals surface area contributed by atoms with Gasteiger partial charge in [0.05, 0.1) is 11.1 Å². The first-order valence-electron chi connectivity index (χ1n) is 10.4. The van der Waals surface area contributed by atoms with Crippen LogP contribution in [0.25, 0.3) is 0 Å². The monoisotopic (exact) mass is 380 g/mol. The topological polar surface area (TPSA) is 67.5 Å². The normalized spacial score (nSPS) is 20.7. The average molecular weight is 380 g/mol. The van der Waals surface area contributed by atoms with Gasteiger partial charge < -0.3 is 9.52 Å². The van der Waals surface area contributed by atoms with E-state index in [-0.39, 0.29) is 34.5 Å². The largest absolute Gasteiger partial charge is 0.506 e. The Kier molecular flexibility index (Phi) is 5.13. The minimum Gasteiger partial charge on any atom is -0.506 e. The van der Waals surface area contributed by atoms with Crippen molar-refractivity contribution in [3.63, 3.8) is 0 Å². The third kappa shape index (κ3) is 3.52. The predicted molar refractivity (Wildman–Crippen MR) is 108 cm³/mol. The number of Topliss-reactive ketones (excluding diaryl/α,β-unsaturated/α-hetero) is 1. The number of rotatable bonds is 5. The second-order valence-electron chi connectivity index (χ2n) is 8.76. The van der Waals surface area contributed by atoms with Crippen LogP contribution in [0, 0.1) is 11.8 Å². The second-order valence-corrected chi connectivity index (χ2v) is 8.76. The summed E-state index contributed by atoms with van der Waals surface area (Å²) in [5.41, 5.74) is 1.04. The van der Waals surface area contributed by atoms with Gasteiger partial charge >= 0.3 is 5.63 Å². The number of carbonyl (C=O) groups excluding carboxylic acids is 1. The molecule has 1 fully saturated rings. The van der Waals surface area contributed by atoms with Crippen molar-refractivity contribution in [1.82, 2.24) is 0 Å². The number of hydrogen-bond donors (Lipinski definition) is 1. The minimum absolute atomic E-state index is 0.00482. The van der Waals surface area contributed by atoms with Crippen molar-refractivity contribution in [2.45, 2.75) is 64.2 Å². The predicted octanol–water partition coefficient (Wildman–Crippen LogP) is 5.38. The number of ketones is 1. The van der Waals surface area contributed by atoms with Crippen molar-refractivity contribution in [2.24, 2.45) is 11.8 Å². The molecule has 4 nitrogen and oxygen atoms in total. The number of hydrogen-bond acceptors (Lipinski definition) is 4. The second kappa shape index (κ2) is 7.57. The Morgan fingerprint density at radius 3 is 2.46 bits per heavy atom. The molecule has 4 rings (SSSR count). The molecule has 1 N–H and O–H groups in total. The van der Waals surface area contributed by atoms with E-state index < -0.39 is 5.63 Å². The van der Waals surface area contributed by atoms with Gasteiger partial charge in [0.2, 0.25) is 0 Å². The van der Waals surface area contributed by atoms with E-state index in [1.165, 1.54) is 0 Å². The summed E-state index contributed by atoms with van der Waals surface area (Å²) in [6.45, 7) is 4.24. The van der Waals surface area contributed by atoms with Gasteiger partial charge in [-0.25, -0.2) is 4.79 Å². The third-order valence-corrected chi connectivity index (χ3v) is 6.09. The molecule has 0 bridgehead atoms. The van der Waals surface area contributed by atoms with E-state index in [1.807, 2.05) is 30.3 Å². The molecule has 148 valence electrons. The molecule has 0 spiro atoms. The Hall–Kier alpha value is -2.36. The van der Waals surface area contributed by atoms with Gasteiger partial charge in [0.25, 0.3) is 0 Å². The molecule has 1 aromatic carbocycles. The van der Waals surface area contributed by atoms with Gasteiger partial charge in [-0.1, -0.05) is 44.2 Å². The highest BCUT2D eigenvalue weighted by atomic mass is 16.4. The van der Waals surface area contributed by atoms with E-state index in [0.29, 0.717) is 24.0 Å². The number of aromatic hydroxyl groups is 1. The van der Waals surface area contributed by atoms with Crippen LogP contribution in [0.3, 0.4) is 0 Å². The number of benzene rings is 1. The summed E-state index contributed by atoms with van der Waals surface area (Å²) in [7, 11) is 0. The molecule has 1 aromatic heterocycles. The van der Waals surface area contributed by atoms with Crippen LogP contribution < -0.4 is 5.63 Å². The molecule has 2 atom stereocenters. The lowest BCUT2D eigenvalue weighted by Gasteiger charge is -2.22. The van der Waals surface area contributed by atoms with E-state index in [0.717, 1.165) is 37.7 Å². The Morgan fingerprint density at radius 1 is 1.11 bits per heavy atom. The lowest BCUT2D eigenvalue weighted by molar-refractivity contribution is 0.0976. The van der Waals surface area contributed by atoms with Gasteiger partial charge in [0.15, 0.2) is 5.78 Å². The molecule has 2 aromatic rings. The maximum atomic E-state index is 13.1. The summed E-state index contributed by atoms with van der Waals surface area (Å²) in [5, 5.41) is 11.2. The third-order valence-electron chi connectivity index (χ3n) is 6.09. The fourth-order valence-corrected chi connectivity index (χ4v) is 4.71. The highest BCUT2D eigenvalue weighted by Crippen LogP contribution is 2.49. The molecule has 0 saturated heterocycles. The zero-order valence-electron chi connectivity index (χ0n) is 16.6. The lowest BCUT2D eigenvalue weighted by atomic mass is 9.85. The Bertz CT molecular complexity index is 922. The molecule has 2 aliphatic rings.